The third-order valence-electron chi connectivity index (χ3n) is 5.88. The van der Waals surface area contributed by atoms with Crippen molar-refractivity contribution in [2.45, 2.75) is 18.8 Å². The van der Waals surface area contributed by atoms with Gasteiger partial charge in [-0.15, -0.1) is 0 Å². The van der Waals surface area contributed by atoms with Gasteiger partial charge in [-0.3, -0.25) is 9.69 Å². The van der Waals surface area contributed by atoms with Crippen LogP contribution in [0, 0.1) is 5.82 Å². The molecule has 1 aromatic heterocycles. The van der Waals surface area contributed by atoms with E-state index < -0.39 is 0 Å². The van der Waals surface area contributed by atoms with Crippen LogP contribution in [0.25, 0.3) is 11.4 Å². The third kappa shape index (κ3) is 5.73. The van der Waals surface area contributed by atoms with Crippen LogP contribution >= 0.6 is 0 Å². The lowest BCUT2D eigenvalue weighted by Gasteiger charge is -2.30. The summed E-state index contributed by atoms with van der Waals surface area (Å²) in [6, 6.07) is 22.9. The van der Waals surface area contributed by atoms with Crippen LogP contribution in [0.5, 0.6) is 11.5 Å². The van der Waals surface area contributed by atoms with E-state index in [1.807, 2.05) is 54.6 Å². The third-order valence-corrected chi connectivity index (χ3v) is 5.88. The van der Waals surface area contributed by atoms with Crippen molar-refractivity contribution in [1.29, 1.82) is 0 Å². The molecule has 0 radical (unpaired) electrons. The molecule has 1 aliphatic rings. The van der Waals surface area contributed by atoms with Gasteiger partial charge < -0.3 is 14.6 Å². The molecule has 3 aromatic carbocycles. The minimum absolute atomic E-state index is 0.0139. The summed E-state index contributed by atoms with van der Waals surface area (Å²) >= 11 is 0. The number of hydrogen-bond donors (Lipinski definition) is 1. The van der Waals surface area contributed by atoms with Gasteiger partial charge in [-0.2, -0.15) is 4.98 Å². The molecule has 8 heteroatoms. The van der Waals surface area contributed by atoms with Crippen molar-refractivity contribution < 1.29 is 18.4 Å². The summed E-state index contributed by atoms with van der Waals surface area (Å²) in [5, 5.41) is 7.00. The Morgan fingerprint density at radius 2 is 1.91 bits per heavy atom. The van der Waals surface area contributed by atoms with Crippen LogP contribution in [0.1, 0.15) is 24.7 Å². The highest BCUT2D eigenvalue weighted by Crippen LogP contribution is 2.30. The van der Waals surface area contributed by atoms with Crippen LogP contribution in [-0.4, -0.2) is 40.6 Å². The fourth-order valence-corrected chi connectivity index (χ4v) is 4.21. The van der Waals surface area contributed by atoms with E-state index in [4.69, 9.17) is 9.26 Å². The van der Waals surface area contributed by atoms with Gasteiger partial charge in [0.1, 0.15) is 11.6 Å². The Labute approximate surface area is 202 Å². The number of hydrogen-bond acceptors (Lipinski definition) is 6. The van der Waals surface area contributed by atoms with Crippen molar-refractivity contribution in [2.24, 2.45) is 0 Å². The number of aromatic nitrogens is 2. The molecular formula is C27H25FN4O3. The maximum atomic E-state index is 13.5. The standard InChI is InChI=1S/C27H25FN4O3/c28-21-10-6-8-19(16-21)26-30-27(35-31-26)20-9-7-15-32(17-20)18-25(33)29-23-13-4-5-14-24(23)34-22-11-2-1-3-12-22/h1-6,8,10-14,16,20H,7,9,15,17-18H2,(H,29,33). The second kappa shape index (κ2) is 10.5. The van der Waals surface area contributed by atoms with E-state index in [1.54, 1.807) is 12.1 Å². The number of piperidine rings is 1. The molecule has 5 rings (SSSR count). The molecule has 1 fully saturated rings. The smallest absolute Gasteiger partial charge is 0.238 e. The fourth-order valence-electron chi connectivity index (χ4n) is 4.21. The number of nitrogens with zero attached hydrogens (tertiary/aromatic N) is 3. The topological polar surface area (TPSA) is 80.5 Å². The summed E-state index contributed by atoms with van der Waals surface area (Å²) in [5.74, 6) is 1.70. The number of benzene rings is 3. The van der Waals surface area contributed by atoms with Crippen molar-refractivity contribution in [3.63, 3.8) is 0 Å². The van der Waals surface area contributed by atoms with E-state index in [-0.39, 0.29) is 24.2 Å². The Kier molecular flexibility index (Phi) is 6.81. The molecule has 0 spiro atoms. The SMILES string of the molecule is O=C(CN1CCCC(c2nc(-c3cccc(F)c3)no2)C1)Nc1ccccc1Oc1ccccc1. The van der Waals surface area contributed by atoms with Gasteiger partial charge in [-0.1, -0.05) is 47.6 Å². The highest BCUT2D eigenvalue weighted by Gasteiger charge is 2.27. The zero-order valence-corrected chi connectivity index (χ0v) is 19.1. The van der Waals surface area contributed by atoms with E-state index in [2.05, 4.69) is 20.4 Å². The number of halogens is 1. The van der Waals surface area contributed by atoms with Gasteiger partial charge in [-0.25, -0.2) is 4.39 Å². The maximum absolute atomic E-state index is 13.5. The fraction of sp³-hybridized carbons (Fsp3) is 0.222. The second-order valence-corrected chi connectivity index (χ2v) is 8.50. The summed E-state index contributed by atoms with van der Waals surface area (Å²) in [7, 11) is 0. The lowest BCUT2D eigenvalue weighted by Crippen LogP contribution is -2.39. The molecule has 35 heavy (non-hydrogen) atoms. The molecule has 0 bridgehead atoms. The molecule has 4 aromatic rings. The average Bonchev–Trinajstić information content (AvgIpc) is 3.37. The molecule has 1 atom stereocenters. The summed E-state index contributed by atoms with van der Waals surface area (Å²) in [4.78, 5) is 19.4. The van der Waals surface area contributed by atoms with Crippen LogP contribution in [0.2, 0.25) is 0 Å². The molecule has 1 N–H and O–H groups in total. The van der Waals surface area contributed by atoms with Crippen molar-refractivity contribution in [3.8, 4) is 22.9 Å². The molecule has 178 valence electrons. The van der Waals surface area contributed by atoms with E-state index in [9.17, 15) is 9.18 Å². The first-order valence-corrected chi connectivity index (χ1v) is 11.6. The molecule has 1 amide bonds. The largest absolute Gasteiger partial charge is 0.455 e. The van der Waals surface area contributed by atoms with Gasteiger partial charge in [-0.05, 0) is 55.8 Å². The minimum atomic E-state index is -0.348. The Hall–Kier alpha value is -4.04. The summed E-state index contributed by atoms with van der Waals surface area (Å²) in [6.45, 7) is 1.67. The number of anilines is 1. The zero-order valence-electron chi connectivity index (χ0n) is 19.1. The molecule has 1 unspecified atom stereocenters. The molecular weight excluding hydrogens is 447 g/mol. The van der Waals surface area contributed by atoms with Crippen molar-refractivity contribution in [2.75, 3.05) is 25.0 Å². The number of ether oxygens (including phenoxy) is 1. The number of carbonyl (C=O) groups excluding carboxylic acids is 1. The van der Waals surface area contributed by atoms with Gasteiger partial charge in [0.05, 0.1) is 18.2 Å². The van der Waals surface area contributed by atoms with Crippen molar-refractivity contribution >= 4 is 11.6 Å². The van der Waals surface area contributed by atoms with E-state index in [0.29, 0.717) is 41.0 Å². The quantitative estimate of drug-likeness (QED) is 0.383. The van der Waals surface area contributed by atoms with E-state index >= 15 is 0 Å². The number of para-hydroxylation sites is 3. The summed E-state index contributed by atoms with van der Waals surface area (Å²) in [5.41, 5.74) is 1.19. The van der Waals surface area contributed by atoms with E-state index in [0.717, 1.165) is 19.4 Å². The molecule has 2 heterocycles. The Balaban J connectivity index is 1.21. The highest BCUT2D eigenvalue weighted by molar-refractivity contribution is 5.93. The van der Waals surface area contributed by atoms with Gasteiger partial charge in [0.15, 0.2) is 5.75 Å². The van der Waals surface area contributed by atoms with Gasteiger partial charge >= 0.3 is 0 Å². The first-order valence-electron chi connectivity index (χ1n) is 11.6. The Morgan fingerprint density at radius 1 is 1.09 bits per heavy atom. The summed E-state index contributed by atoms with van der Waals surface area (Å²) in [6.07, 6.45) is 1.79. The van der Waals surface area contributed by atoms with Crippen LogP contribution in [-0.2, 0) is 4.79 Å². The Morgan fingerprint density at radius 3 is 2.77 bits per heavy atom. The molecule has 1 saturated heterocycles. The monoisotopic (exact) mass is 472 g/mol. The number of rotatable bonds is 7. The van der Waals surface area contributed by atoms with Crippen molar-refractivity contribution in [1.82, 2.24) is 15.0 Å². The predicted molar refractivity (Wildman–Crippen MR) is 130 cm³/mol. The van der Waals surface area contributed by atoms with Gasteiger partial charge in [0.25, 0.3) is 0 Å². The maximum Gasteiger partial charge on any atom is 0.238 e. The first-order chi connectivity index (χ1) is 17.1. The van der Waals surface area contributed by atoms with Crippen LogP contribution in [0.3, 0.4) is 0 Å². The van der Waals surface area contributed by atoms with Crippen LogP contribution < -0.4 is 10.1 Å². The molecule has 0 aliphatic carbocycles. The van der Waals surface area contributed by atoms with E-state index in [1.165, 1.54) is 12.1 Å². The first kappa shape index (κ1) is 22.7. The van der Waals surface area contributed by atoms with Crippen molar-refractivity contribution in [3.05, 3.63) is 90.6 Å². The average molecular weight is 473 g/mol. The van der Waals surface area contributed by atoms with Gasteiger partial charge in [0.2, 0.25) is 17.6 Å². The number of nitrogens with one attached hydrogen (secondary N) is 1. The number of carbonyl (C=O) groups is 1. The zero-order chi connectivity index (χ0) is 24.0. The van der Waals surface area contributed by atoms with Gasteiger partial charge in [0, 0.05) is 12.1 Å². The lowest BCUT2D eigenvalue weighted by molar-refractivity contribution is -0.117. The Bertz CT molecular complexity index is 1290. The molecule has 7 nitrogen and oxygen atoms in total. The molecule has 0 saturated carbocycles. The predicted octanol–water partition coefficient (Wildman–Crippen LogP) is 5.49. The number of likely N-dealkylation sites (tertiary alicyclic amines) is 1. The highest BCUT2D eigenvalue weighted by atomic mass is 19.1. The molecule has 1 aliphatic heterocycles. The van der Waals surface area contributed by atoms with Crippen LogP contribution in [0.15, 0.2) is 83.4 Å². The summed E-state index contributed by atoms with van der Waals surface area (Å²) < 4.78 is 25.0. The minimum Gasteiger partial charge on any atom is -0.455 e. The second-order valence-electron chi connectivity index (χ2n) is 8.50. The lowest BCUT2D eigenvalue weighted by atomic mass is 9.98. The van der Waals surface area contributed by atoms with Crippen LogP contribution in [0.4, 0.5) is 10.1 Å². The normalized spacial score (nSPS) is 16.1. The number of amides is 1.